The smallest absolute Gasteiger partial charge is 0.388 e. The van der Waals surface area contributed by atoms with Crippen molar-refractivity contribution in [1.29, 1.82) is 10.5 Å². The minimum atomic E-state index is -4.49. The Morgan fingerprint density at radius 1 is 1.25 bits per heavy atom. The Kier molecular flexibility index (Phi) is 6.56. The number of allylic oxidation sites excluding steroid dienone is 2. The number of nitrogens with zero attached hydrogens (tertiary/aromatic N) is 6. The molecule has 0 atom stereocenters. The number of aliphatic imine (C=N–C) groups is 1. The van der Waals surface area contributed by atoms with Gasteiger partial charge in [-0.05, 0) is 30.8 Å². The van der Waals surface area contributed by atoms with E-state index in [2.05, 4.69) is 15.2 Å². The first-order valence-corrected chi connectivity index (χ1v) is 8.66. The number of thioether (sulfide) groups is 1. The summed E-state index contributed by atoms with van der Waals surface area (Å²) >= 11 is 11.8. The van der Waals surface area contributed by atoms with Crippen LogP contribution in [-0.4, -0.2) is 26.7 Å². The van der Waals surface area contributed by atoms with Crippen LogP contribution in [0.1, 0.15) is 11.4 Å². The fourth-order valence-electron chi connectivity index (χ4n) is 1.87. The topological polar surface area (TPSA) is 117 Å². The second-order valence-electron chi connectivity index (χ2n) is 4.99. The van der Waals surface area contributed by atoms with Gasteiger partial charge in [0.2, 0.25) is 0 Å². The average molecular weight is 446 g/mol. The summed E-state index contributed by atoms with van der Waals surface area (Å²) < 4.78 is 37.6. The van der Waals surface area contributed by atoms with Crippen LogP contribution in [0.3, 0.4) is 0 Å². The van der Waals surface area contributed by atoms with Gasteiger partial charge in [-0.3, -0.25) is 0 Å². The van der Waals surface area contributed by atoms with Crippen LogP contribution in [0.5, 0.6) is 0 Å². The Labute approximate surface area is 170 Å². The molecule has 0 fully saturated rings. The van der Waals surface area contributed by atoms with Crippen LogP contribution in [-0.2, 0) is 0 Å². The third-order valence-electron chi connectivity index (χ3n) is 3.04. The first kappa shape index (κ1) is 21.6. The molecule has 0 aliphatic carbocycles. The minimum Gasteiger partial charge on any atom is -0.388 e. The van der Waals surface area contributed by atoms with Gasteiger partial charge < -0.3 is 5.73 Å². The lowest BCUT2D eigenvalue weighted by molar-refractivity contribution is -0.0328. The van der Waals surface area contributed by atoms with Gasteiger partial charge in [-0.25, -0.2) is 4.99 Å². The number of rotatable bonds is 4. The number of nitriles is 2. The Morgan fingerprint density at radius 3 is 2.36 bits per heavy atom. The van der Waals surface area contributed by atoms with Crippen LogP contribution < -0.4 is 5.73 Å². The monoisotopic (exact) mass is 445 g/mol. The average Bonchev–Trinajstić information content (AvgIpc) is 2.93. The highest BCUT2D eigenvalue weighted by molar-refractivity contribution is 8.00. The number of hydrogen-bond acceptors (Lipinski definition) is 7. The van der Waals surface area contributed by atoms with Crippen molar-refractivity contribution in [2.24, 2.45) is 10.7 Å². The molecule has 2 aromatic rings. The van der Waals surface area contributed by atoms with E-state index in [1.807, 2.05) is 0 Å². The number of aryl methyl sites for hydroxylation is 1. The molecule has 7 nitrogen and oxygen atoms in total. The lowest BCUT2D eigenvalue weighted by atomic mass is 10.3. The van der Waals surface area contributed by atoms with Gasteiger partial charge in [0.25, 0.3) is 0 Å². The molecule has 144 valence electrons. The van der Waals surface area contributed by atoms with Crippen molar-refractivity contribution in [3.63, 3.8) is 0 Å². The third-order valence-corrected chi connectivity index (χ3v) is 4.32. The van der Waals surface area contributed by atoms with E-state index < -0.39 is 5.51 Å². The van der Waals surface area contributed by atoms with E-state index in [1.54, 1.807) is 19.1 Å². The molecule has 0 bridgehead atoms. The van der Waals surface area contributed by atoms with Gasteiger partial charge in [-0.1, -0.05) is 23.2 Å². The maximum Gasteiger partial charge on any atom is 0.446 e. The van der Waals surface area contributed by atoms with Crippen LogP contribution in [0.25, 0.3) is 5.69 Å². The van der Waals surface area contributed by atoms with Gasteiger partial charge in [-0.15, -0.1) is 9.90 Å². The zero-order valence-corrected chi connectivity index (χ0v) is 16.1. The Balaban J connectivity index is 2.43. The summed E-state index contributed by atoms with van der Waals surface area (Å²) in [5.41, 5.74) is 0.826. The molecule has 0 saturated carbocycles. The highest BCUT2D eigenvalue weighted by atomic mass is 35.5. The van der Waals surface area contributed by atoms with Gasteiger partial charge in [0.15, 0.2) is 5.70 Å². The second kappa shape index (κ2) is 8.52. The lowest BCUT2D eigenvalue weighted by Crippen LogP contribution is -2.03. The van der Waals surface area contributed by atoms with E-state index in [-0.39, 0.29) is 49.5 Å². The standard InChI is InChI=1S/C15H8Cl2F3N7S/c1-7-13(6-24-12(5-22)11(23)4-21)26-27(25-7)14-9(16)2-8(3-10(14)17)28-15(18,19)20/h2-3,6H,23H2,1H3/b12-11-,24-6+. The molecular formula is C15H8Cl2F3N7S. The third kappa shape index (κ3) is 5.16. The maximum atomic E-state index is 12.5. The predicted octanol–water partition coefficient (Wildman–Crippen LogP) is 4.13. The van der Waals surface area contributed by atoms with Gasteiger partial charge in [0.1, 0.15) is 29.2 Å². The maximum absolute atomic E-state index is 12.5. The molecule has 0 spiro atoms. The van der Waals surface area contributed by atoms with Crippen molar-refractivity contribution in [3.05, 3.63) is 45.0 Å². The van der Waals surface area contributed by atoms with Gasteiger partial charge in [-0.2, -0.15) is 28.8 Å². The van der Waals surface area contributed by atoms with Crippen LogP contribution in [0, 0.1) is 29.6 Å². The van der Waals surface area contributed by atoms with Crippen LogP contribution in [0.4, 0.5) is 13.2 Å². The summed E-state index contributed by atoms with van der Waals surface area (Å²) in [5.74, 6) is 0. The van der Waals surface area contributed by atoms with Crippen molar-refractivity contribution < 1.29 is 13.2 Å². The fraction of sp³-hybridized carbons (Fsp3) is 0.133. The van der Waals surface area contributed by atoms with Crippen LogP contribution in [0.15, 0.2) is 33.4 Å². The summed E-state index contributed by atoms with van der Waals surface area (Å²) in [6.45, 7) is 1.57. The summed E-state index contributed by atoms with van der Waals surface area (Å²) in [5, 5.41) is 25.6. The summed E-state index contributed by atoms with van der Waals surface area (Å²) in [6.07, 6.45) is 1.16. The molecule has 0 aliphatic heterocycles. The Hall–Kier alpha value is -2.73. The predicted molar refractivity (Wildman–Crippen MR) is 98.1 cm³/mol. The molecule has 0 unspecified atom stereocenters. The zero-order chi connectivity index (χ0) is 21.1. The minimum absolute atomic E-state index is 0.0743. The molecule has 1 aromatic carbocycles. The van der Waals surface area contributed by atoms with Crippen molar-refractivity contribution in [1.82, 2.24) is 15.0 Å². The van der Waals surface area contributed by atoms with Crippen LogP contribution >= 0.6 is 35.0 Å². The van der Waals surface area contributed by atoms with Crippen molar-refractivity contribution in [3.8, 4) is 17.8 Å². The normalized spacial score (nSPS) is 12.6. The molecule has 0 amide bonds. The van der Waals surface area contributed by atoms with Crippen molar-refractivity contribution >= 4 is 41.2 Å². The number of benzene rings is 1. The number of halogens is 5. The molecule has 2 N–H and O–H groups in total. The zero-order valence-electron chi connectivity index (χ0n) is 13.8. The van der Waals surface area contributed by atoms with Crippen molar-refractivity contribution in [2.45, 2.75) is 17.3 Å². The van der Waals surface area contributed by atoms with E-state index in [0.29, 0.717) is 5.69 Å². The molecular weight excluding hydrogens is 438 g/mol. The van der Waals surface area contributed by atoms with Gasteiger partial charge in [0, 0.05) is 4.90 Å². The molecule has 28 heavy (non-hydrogen) atoms. The first-order valence-electron chi connectivity index (χ1n) is 7.09. The van der Waals surface area contributed by atoms with E-state index in [0.717, 1.165) is 23.1 Å². The van der Waals surface area contributed by atoms with Crippen molar-refractivity contribution in [2.75, 3.05) is 0 Å². The summed E-state index contributed by atoms with van der Waals surface area (Å²) in [4.78, 5) is 4.63. The quantitative estimate of drug-likeness (QED) is 0.429. The molecule has 2 rings (SSSR count). The number of hydrogen-bond donors (Lipinski definition) is 1. The number of alkyl halides is 3. The highest BCUT2D eigenvalue weighted by Crippen LogP contribution is 2.41. The highest BCUT2D eigenvalue weighted by Gasteiger charge is 2.30. The van der Waals surface area contributed by atoms with E-state index >= 15 is 0 Å². The Morgan fingerprint density at radius 2 is 1.86 bits per heavy atom. The van der Waals surface area contributed by atoms with Crippen LogP contribution in [0.2, 0.25) is 10.0 Å². The molecule has 0 radical (unpaired) electrons. The largest absolute Gasteiger partial charge is 0.446 e. The summed E-state index contributed by atoms with van der Waals surface area (Å²) in [7, 11) is 0. The SMILES string of the molecule is Cc1nn(-c2c(Cl)cc(SC(F)(F)F)cc2Cl)nc1/C=N/C(C#N)=C(\N)C#N. The fourth-order valence-corrected chi connectivity index (χ4v) is 3.26. The lowest BCUT2D eigenvalue weighted by Gasteiger charge is -2.10. The van der Waals surface area contributed by atoms with E-state index in [4.69, 9.17) is 39.5 Å². The first-order chi connectivity index (χ1) is 13.1. The number of nitrogens with two attached hydrogens (primary N) is 1. The van der Waals surface area contributed by atoms with Gasteiger partial charge >= 0.3 is 5.51 Å². The summed E-state index contributed by atoms with van der Waals surface area (Å²) in [6, 6.07) is 5.45. The molecule has 13 heteroatoms. The van der Waals surface area contributed by atoms with Gasteiger partial charge in [0.05, 0.1) is 22.0 Å². The number of aromatic nitrogens is 3. The molecule has 0 aliphatic rings. The van der Waals surface area contributed by atoms with E-state index in [1.165, 1.54) is 0 Å². The Bertz CT molecular complexity index is 1040. The van der Waals surface area contributed by atoms with E-state index in [9.17, 15) is 13.2 Å². The molecule has 0 saturated heterocycles. The molecule has 1 aromatic heterocycles. The second-order valence-corrected chi connectivity index (χ2v) is 6.94. The molecule has 1 heterocycles.